The molecule has 0 heterocycles. The maximum absolute atomic E-state index is 8.71. The Morgan fingerprint density at radius 2 is 2.00 bits per heavy atom. The van der Waals surface area contributed by atoms with Gasteiger partial charge in [-0.3, -0.25) is 9.90 Å². The molecule has 0 amide bonds. The van der Waals surface area contributed by atoms with Crippen LogP contribution in [0.25, 0.3) is 0 Å². The molecule has 0 bridgehead atoms. The summed E-state index contributed by atoms with van der Waals surface area (Å²) in [6.07, 6.45) is 0. The zero-order valence-electron chi connectivity index (χ0n) is 7.10. The van der Waals surface area contributed by atoms with Gasteiger partial charge in [0.2, 0.25) is 0 Å². The number of aliphatic hydroxyl groups excluding tert-OH is 1. The molecule has 3 nitrogen and oxygen atoms in total. The van der Waals surface area contributed by atoms with E-state index in [2.05, 4.69) is 0 Å². The molecule has 0 fully saturated rings. The summed E-state index contributed by atoms with van der Waals surface area (Å²) in [6, 6.07) is 9.66. The Kier molecular flexibility index (Phi) is 3.57. The predicted octanol–water partition coefficient (Wildman–Crippen LogP) is 1.05. The van der Waals surface area contributed by atoms with Crippen molar-refractivity contribution in [3.05, 3.63) is 30.3 Å². The molecule has 0 radical (unpaired) electrons. The van der Waals surface area contributed by atoms with Gasteiger partial charge in [-0.15, -0.1) is 0 Å². The van der Waals surface area contributed by atoms with Crippen molar-refractivity contribution < 1.29 is 9.94 Å². The molecule has 1 N–H and O–H groups in total. The van der Waals surface area contributed by atoms with Gasteiger partial charge in [-0.1, -0.05) is 18.2 Å². The summed E-state index contributed by atoms with van der Waals surface area (Å²) in [6.45, 7) is 0.573. The highest BCUT2D eigenvalue weighted by atomic mass is 16.7. The first kappa shape index (κ1) is 9.03. The number of anilines is 1. The topological polar surface area (TPSA) is 32.7 Å². The highest BCUT2D eigenvalue weighted by Gasteiger charge is 2.01. The second-order valence-corrected chi connectivity index (χ2v) is 2.34. The summed E-state index contributed by atoms with van der Waals surface area (Å²) in [5.74, 6) is 0. The largest absolute Gasteiger partial charge is 0.394 e. The van der Waals surface area contributed by atoms with E-state index >= 15 is 0 Å². The van der Waals surface area contributed by atoms with Gasteiger partial charge >= 0.3 is 0 Å². The third kappa shape index (κ3) is 2.22. The fraction of sp³-hybridized carbons (Fsp3) is 0.333. The van der Waals surface area contributed by atoms with Crippen molar-refractivity contribution in [1.82, 2.24) is 0 Å². The van der Waals surface area contributed by atoms with Gasteiger partial charge in [0.05, 0.1) is 25.9 Å². The van der Waals surface area contributed by atoms with Crippen LogP contribution < -0.4 is 5.06 Å². The van der Waals surface area contributed by atoms with E-state index in [-0.39, 0.29) is 6.61 Å². The lowest BCUT2D eigenvalue weighted by atomic mass is 10.3. The van der Waals surface area contributed by atoms with Crippen molar-refractivity contribution in [2.75, 3.05) is 25.3 Å². The minimum absolute atomic E-state index is 0.0860. The van der Waals surface area contributed by atoms with Gasteiger partial charge in [-0.25, -0.2) is 0 Å². The fourth-order valence-corrected chi connectivity index (χ4v) is 1.01. The van der Waals surface area contributed by atoms with E-state index < -0.39 is 0 Å². The molecule has 1 aromatic rings. The van der Waals surface area contributed by atoms with Gasteiger partial charge in [0.1, 0.15) is 0 Å². The van der Waals surface area contributed by atoms with Gasteiger partial charge in [0, 0.05) is 0 Å². The van der Waals surface area contributed by atoms with Crippen molar-refractivity contribution in [2.45, 2.75) is 0 Å². The van der Waals surface area contributed by atoms with E-state index in [1.807, 2.05) is 30.3 Å². The minimum atomic E-state index is 0.0860. The summed E-state index contributed by atoms with van der Waals surface area (Å²) in [5, 5.41) is 10.3. The number of hydrogen-bond acceptors (Lipinski definition) is 3. The zero-order valence-corrected chi connectivity index (χ0v) is 7.10. The Bertz CT molecular complexity index is 213. The molecule has 1 aromatic carbocycles. The van der Waals surface area contributed by atoms with Crippen LogP contribution in [0.15, 0.2) is 30.3 Å². The van der Waals surface area contributed by atoms with Crippen LogP contribution in [0.4, 0.5) is 5.69 Å². The summed E-state index contributed by atoms with van der Waals surface area (Å²) in [5.41, 5.74) is 0.953. The summed E-state index contributed by atoms with van der Waals surface area (Å²) in [4.78, 5) is 5.05. The Balaban J connectivity index is 2.66. The van der Waals surface area contributed by atoms with Crippen LogP contribution in [0.3, 0.4) is 0 Å². The molecule has 0 aromatic heterocycles. The number of nitrogens with zero attached hydrogens (tertiary/aromatic N) is 1. The lowest BCUT2D eigenvalue weighted by molar-refractivity contribution is 0.147. The molecule has 0 aliphatic rings. The fourth-order valence-electron chi connectivity index (χ4n) is 1.01. The summed E-state index contributed by atoms with van der Waals surface area (Å²) >= 11 is 0. The maximum Gasteiger partial charge on any atom is 0.0687 e. The van der Waals surface area contributed by atoms with Crippen LogP contribution in [0.5, 0.6) is 0 Å². The van der Waals surface area contributed by atoms with Crippen molar-refractivity contribution in [2.24, 2.45) is 0 Å². The van der Waals surface area contributed by atoms with Crippen LogP contribution >= 0.6 is 0 Å². The molecule has 0 spiro atoms. The summed E-state index contributed by atoms with van der Waals surface area (Å²) in [7, 11) is 1.59. The molecule has 66 valence electrons. The standard InChI is InChI=1S/C9H13NO2/c1-12-10(7-8-11)9-5-3-2-4-6-9/h2-6,11H,7-8H2,1H3. The van der Waals surface area contributed by atoms with Gasteiger partial charge in [0.25, 0.3) is 0 Å². The van der Waals surface area contributed by atoms with E-state index in [0.717, 1.165) is 5.69 Å². The van der Waals surface area contributed by atoms with E-state index in [1.165, 1.54) is 0 Å². The van der Waals surface area contributed by atoms with Crippen molar-refractivity contribution in [1.29, 1.82) is 0 Å². The SMILES string of the molecule is CON(CCO)c1ccccc1. The van der Waals surface area contributed by atoms with E-state index in [4.69, 9.17) is 9.94 Å². The Hall–Kier alpha value is -1.06. The van der Waals surface area contributed by atoms with Crippen molar-refractivity contribution >= 4 is 5.69 Å². The first-order valence-corrected chi connectivity index (χ1v) is 3.86. The predicted molar refractivity (Wildman–Crippen MR) is 47.9 cm³/mol. The van der Waals surface area contributed by atoms with Crippen LogP contribution in [0.2, 0.25) is 0 Å². The molecule has 0 aliphatic heterocycles. The van der Waals surface area contributed by atoms with Gasteiger partial charge in [-0.05, 0) is 12.1 Å². The molecular weight excluding hydrogens is 154 g/mol. The Labute approximate surface area is 72.1 Å². The molecule has 12 heavy (non-hydrogen) atoms. The maximum atomic E-state index is 8.71. The second kappa shape index (κ2) is 4.74. The molecule has 0 atom stereocenters. The quantitative estimate of drug-likeness (QED) is 0.680. The van der Waals surface area contributed by atoms with E-state index in [9.17, 15) is 0 Å². The highest BCUT2D eigenvalue weighted by molar-refractivity contribution is 5.43. The number of aliphatic hydroxyl groups is 1. The first-order valence-electron chi connectivity index (χ1n) is 3.86. The molecule has 1 rings (SSSR count). The molecule has 0 saturated carbocycles. The lowest BCUT2D eigenvalue weighted by Crippen LogP contribution is -2.24. The molecule has 0 unspecified atom stereocenters. The lowest BCUT2D eigenvalue weighted by Gasteiger charge is -2.20. The minimum Gasteiger partial charge on any atom is -0.394 e. The molecular formula is C9H13NO2. The normalized spacial score (nSPS) is 9.83. The van der Waals surface area contributed by atoms with Crippen LogP contribution in [-0.4, -0.2) is 25.4 Å². The molecule has 3 heteroatoms. The molecule has 0 aliphatic carbocycles. The summed E-state index contributed by atoms with van der Waals surface area (Å²) < 4.78 is 0. The van der Waals surface area contributed by atoms with Gasteiger partial charge in [-0.2, -0.15) is 0 Å². The van der Waals surface area contributed by atoms with Gasteiger partial charge in [0.15, 0.2) is 0 Å². The third-order valence-corrected chi connectivity index (χ3v) is 1.57. The second-order valence-electron chi connectivity index (χ2n) is 2.34. The highest BCUT2D eigenvalue weighted by Crippen LogP contribution is 2.11. The van der Waals surface area contributed by atoms with Crippen molar-refractivity contribution in [3.8, 4) is 0 Å². The number of para-hydroxylation sites is 1. The van der Waals surface area contributed by atoms with Crippen LogP contribution in [0.1, 0.15) is 0 Å². The Morgan fingerprint density at radius 1 is 1.33 bits per heavy atom. The smallest absolute Gasteiger partial charge is 0.0687 e. The third-order valence-electron chi connectivity index (χ3n) is 1.57. The molecule has 0 saturated heterocycles. The zero-order chi connectivity index (χ0) is 8.81. The van der Waals surface area contributed by atoms with Crippen LogP contribution in [0, 0.1) is 0 Å². The van der Waals surface area contributed by atoms with Gasteiger partial charge < -0.3 is 5.11 Å². The van der Waals surface area contributed by atoms with Crippen LogP contribution in [-0.2, 0) is 4.84 Å². The number of benzene rings is 1. The average molecular weight is 167 g/mol. The average Bonchev–Trinajstić information content (AvgIpc) is 2.15. The van der Waals surface area contributed by atoms with E-state index in [0.29, 0.717) is 6.54 Å². The van der Waals surface area contributed by atoms with Crippen molar-refractivity contribution in [3.63, 3.8) is 0 Å². The van der Waals surface area contributed by atoms with E-state index in [1.54, 1.807) is 12.2 Å². The number of rotatable bonds is 4. The number of hydrogen-bond donors (Lipinski definition) is 1. The number of hydroxylamine groups is 1. The Morgan fingerprint density at radius 3 is 2.50 bits per heavy atom. The monoisotopic (exact) mass is 167 g/mol. The first-order chi connectivity index (χ1) is 5.88.